The molecule has 0 nitrogen and oxygen atoms in total. The maximum atomic E-state index is 3.78. The molecule has 57 valence electrons. The first-order chi connectivity index (χ1) is 3.91. The van der Waals surface area contributed by atoms with Crippen molar-refractivity contribution < 1.29 is 0 Å². The molecule has 0 aliphatic carbocycles. The molecule has 0 aromatic rings. The molecule has 1 radical (unpaired) electrons. The van der Waals surface area contributed by atoms with Gasteiger partial charge in [0.2, 0.25) is 0 Å². The van der Waals surface area contributed by atoms with Gasteiger partial charge >= 0.3 is 17.6 Å². The maximum absolute atomic E-state index is 3.78. The Hall–Kier alpha value is 0.543. The van der Waals surface area contributed by atoms with Crippen LogP contribution in [-0.4, -0.2) is 17.6 Å². The van der Waals surface area contributed by atoms with Gasteiger partial charge < -0.3 is 0 Å². The number of rotatable bonds is 5. The Morgan fingerprint density at radius 1 is 1.00 bits per heavy atom. The van der Waals surface area contributed by atoms with Crippen molar-refractivity contribution in [3.8, 4) is 0 Å². The van der Waals surface area contributed by atoms with Gasteiger partial charge in [-0.1, -0.05) is 52.4 Å². The molecule has 0 fully saturated rings. The molecule has 0 aliphatic heterocycles. The van der Waals surface area contributed by atoms with Crippen molar-refractivity contribution in [3.05, 3.63) is 6.92 Å². The molecule has 0 aliphatic rings. The van der Waals surface area contributed by atoms with E-state index in [0.717, 1.165) is 6.42 Å². The van der Waals surface area contributed by atoms with Gasteiger partial charge in [0.1, 0.15) is 0 Å². The van der Waals surface area contributed by atoms with E-state index in [1.54, 1.807) is 0 Å². The molecule has 0 aromatic heterocycles. The predicted octanol–water partition coefficient (Wildman–Crippen LogP) is 1.73. The van der Waals surface area contributed by atoms with E-state index in [1.807, 2.05) is 0 Å². The molecule has 0 unspecified atom stereocenters. The van der Waals surface area contributed by atoms with Crippen LogP contribution in [0.25, 0.3) is 0 Å². The van der Waals surface area contributed by atoms with Gasteiger partial charge in [0, 0.05) is 0 Å². The zero-order valence-corrected chi connectivity index (χ0v) is 5.95. The quantitative estimate of drug-likeness (QED) is 0.457. The summed E-state index contributed by atoms with van der Waals surface area (Å²) in [6.45, 7) is 6.02. The molecule has 0 N–H and O–H groups in total. The van der Waals surface area contributed by atoms with Crippen LogP contribution in [0, 0.1) is 6.92 Å². The summed E-state index contributed by atoms with van der Waals surface area (Å²) in [6.07, 6.45) is 7.98. The van der Waals surface area contributed by atoms with Crippen molar-refractivity contribution in [1.82, 2.24) is 0 Å². The van der Waals surface area contributed by atoms with Crippen molar-refractivity contribution in [2.75, 3.05) is 0 Å². The molecule has 0 aromatic carbocycles. The van der Waals surface area contributed by atoms with E-state index >= 15 is 0 Å². The molecule has 0 saturated carbocycles. The van der Waals surface area contributed by atoms with Gasteiger partial charge in [0.15, 0.2) is 0 Å². The fourth-order valence-electron chi connectivity index (χ4n) is 0.780. The van der Waals surface area contributed by atoms with Crippen molar-refractivity contribution in [2.24, 2.45) is 0 Å². The minimum atomic E-state index is 0. The summed E-state index contributed by atoms with van der Waals surface area (Å²) < 4.78 is 0. The average Bonchev–Trinajstić information content (AvgIpc) is 1.81. The Kier molecular flexibility index (Phi) is 15.4. The van der Waals surface area contributed by atoms with Crippen LogP contribution in [0.4, 0.5) is 0 Å². The van der Waals surface area contributed by atoms with Gasteiger partial charge in [-0.2, -0.15) is 0 Å². The van der Waals surface area contributed by atoms with Crippen LogP contribution in [-0.2, 0) is 0 Å². The Bertz CT molecular complexity index is 29.5. The topological polar surface area (TPSA) is 0 Å². The van der Waals surface area contributed by atoms with Gasteiger partial charge in [-0.3, -0.25) is 0 Å². The van der Waals surface area contributed by atoms with Crippen molar-refractivity contribution in [1.29, 1.82) is 0 Å². The average molecular weight is 190 g/mol. The van der Waals surface area contributed by atoms with Gasteiger partial charge in [-0.15, -0.1) is 0 Å². The van der Waals surface area contributed by atoms with E-state index in [2.05, 4.69) is 13.8 Å². The summed E-state index contributed by atoms with van der Waals surface area (Å²) in [5.41, 5.74) is 0. The Balaban J connectivity index is 0. The van der Waals surface area contributed by atoms with E-state index in [9.17, 15) is 0 Å². The second kappa shape index (κ2) is 11.4. The fraction of sp³-hybridized carbons (Fsp3) is 0.875. The van der Waals surface area contributed by atoms with E-state index in [-0.39, 0.29) is 17.6 Å². The van der Waals surface area contributed by atoms with E-state index in [0.29, 0.717) is 0 Å². The van der Waals surface area contributed by atoms with Crippen LogP contribution in [0.15, 0.2) is 0 Å². The summed E-state index contributed by atoms with van der Waals surface area (Å²) in [5, 5.41) is 0. The van der Waals surface area contributed by atoms with Crippen molar-refractivity contribution >= 4 is 17.6 Å². The summed E-state index contributed by atoms with van der Waals surface area (Å²) in [6, 6.07) is 0. The van der Waals surface area contributed by atoms with Crippen LogP contribution < -0.4 is 0 Å². The number of hydrogen-bond acceptors (Lipinski definition) is 0. The van der Waals surface area contributed by atoms with E-state index < -0.39 is 0 Å². The molecule has 0 spiro atoms. The zero-order valence-electron chi connectivity index (χ0n) is 5.95. The van der Waals surface area contributed by atoms with Crippen molar-refractivity contribution in [3.63, 3.8) is 0 Å². The van der Waals surface area contributed by atoms with Crippen LogP contribution in [0.1, 0.15) is 45.4 Å². The molecular weight excluding hydrogens is 169 g/mol. The molecule has 0 bridgehead atoms. The first-order valence-electron chi connectivity index (χ1n) is 3.71. The fourth-order valence-corrected chi connectivity index (χ4v) is 0.780. The third kappa shape index (κ3) is 11.9. The molecule has 0 rings (SSSR count). The molecule has 0 saturated heterocycles. The zero-order chi connectivity index (χ0) is 6.24. The minimum absolute atomic E-state index is 0. The molecular formula is C8H21Ge. The van der Waals surface area contributed by atoms with Gasteiger partial charge in [0.25, 0.3) is 0 Å². The first kappa shape index (κ1) is 12.2. The summed E-state index contributed by atoms with van der Waals surface area (Å²) in [5.74, 6) is 0. The number of hydrogen-bond donors (Lipinski definition) is 0. The monoisotopic (exact) mass is 191 g/mol. The van der Waals surface area contributed by atoms with Crippen LogP contribution >= 0.6 is 0 Å². The standard InChI is InChI=1S/C8H17.GeH4/c1-3-5-7-8-6-4-2;/h1,3-8H2,2H3;1H4. The summed E-state index contributed by atoms with van der Waals surface area (Å²) >= 11 is 0. The molecule has 9 heavy (non-hydrogen) atoms. The number of unbranched alkanes of at least 4 members (excludes halogenated alkanes) is 5. The van der Waals surface area contributed by atoms with Gasteiger partial charge in [-0.05, 0) is 0 Å². The Morgan fingerprint density at radius 2 is 1.56 bits per heavy atom. The Labute approximate surface area is 70.4 Å². The summed E-state index contributed by atoms with van der Waals surface area (Å²) in [4.78, 5) is 0. The van der Waals surface area contributed by atoms with Gasteiger partial charge in [-0.25, -0.2) is 0 Å². The third-order valence-electron chi connectivity index (χ3n) is 1.35. The van der Waals surface area contributed by atoms with Crippen LogP contribution in [0.5, 0.6) is 0 Å². The Morgan fingerprint density at radius 3 is 2.00 bits per heavy atom. The van der Waals surface area contributed by atoms with Crippen LogP contribution in [0.2, 0.25) is 0 Å². The van der Waals surface area contributed by atoms with Crippen LogP contribution in [0.3, 0.4) is 0 Å². The van der Waals surface area contributed by atoms with Gasteiger partial charge in [0.05, 0.1) is 0 Å². The van der Waals surface area contributed by atoms with Crippen molar-refractivity contribution in [2.45, 2.75) is 45.4 Å². The molecule has 0 atom stereocenters. The molecule has 0 heterocycles. The predicted molar refractivity (Wildman–Crippen MR) is 50.1 cm³/mol. The first-order valence-corrected chi connectivity index (χ1v) is 3.71. The second-order valence-corrected chi connectivity index (χ2v) is 2.27. The normalized spacial score (nSPS) is 8.67. The SMILES string of the molecule is [CH2]CCCCCCC.[GeH4]. The second-order valence-electron chi connectivity index (χ2n) is 2.27. The summed E-state index contributed by atoms with van der Waals surface area (Å²) in [7, 11) is 0. The molecule has 0 amide bonds. The van der Waals surface area contributed by atoms with E-state index in [4.69, 9.17) is 0 Å². The molecule has 1 heteroatoms. The third-order valence-corrected chi connectivity index (χ3v) is 1.35. The van der Waals surface area contributed by atoms with E-state index in [1.165, 1.54) is 32.1 Å².